The summed E-state index contributed by atoms with van der Waals surface area (Å²) < 4.78 is 27.3. The van der Waals surface area contributed by atoms with Crippen LogP contribution in [0, 0.1) is 11.6 Å². The van der Waals surface area contributed by atoms with Gasteiger partial charge in [0.1, 0.15) is 23.4 Å². The maximum atomic E-state index is 13.7. The molecule has 0 saturated carbocycles. The van der Waals surface area contributed by atoms with Crippen LogP contribution < -0.4 is 5.32 Å². The monoisotopic (exact) mass is 318 g/mol. The number of benzene rings is 2. The van der Waals surface area contributed by atoms with E-state index in [1.165, 1.54) is 6.07 Å². The second-order valence-corrected chi connectivity index (χ2v) is 5.10. The Morgan fingerprint density at radius 1 is 1.09 bits per heavy atom. The number of hydrogen-bond donors (Lipinski definition) is 2. The second kappa shape index (κ2) is 5.68. The Kier molecular flexibility index (Phi) is 3.69. The maximum Gasteiger partial charge on any atom is 0.408 e. The van der Waals surface area contributed by atoms with Crippen molar-refractivity contribution in [3.63, 3.8) is 0 Å². The fraction of sp³-hybridized carbons (Fsp3) is 0.125. The number of carboxylic acid groups (broad SMARTS) is 1. The molecule has 0 aromatic heterocycles. The topological polar surface area (TPSA) is 69.6 Å². The highest BCUT2D eigenvalue weighted by Crippen LogP contribution is 2.34. The molecule has 118 valence electrons. The molecule has 2 aromatic rings. The molecule has 1 atom stereocenters. The van der Waals surface area contributed by atoms with Crippen molar-refractivity contribution in [3.05, 3.63) is 65.2 Å². The van der Waals surface area contributed by atoms with Crippen LogP contribution in [0.2, 0.25) is 0 Å². The number of carbonyl (C=O) groups excluding carboxylic acids is 1. The van der Waals surface area contributed by atoms with Gasteiger partial charge in [-0.25, -0.2) is 13.6 Å². The fourth-order valence-corrected chi connectivity index (χ4v) is 2.66. The minimum atomic E-state index is -1.28. The van der Waals surface area contributed by atoms with E-state index in [0.29, 0.717) is 11.1 Å². The van der Waals surface area contributed by atoms with Crippen LogP contribution in [-0.2, 0) is 11.3 Å². The standard InChI is InChI=1S/C16H12F2N2O3/c17-11-6-3-7-12(18)13(11)19-15(21)14-10-5-2-1-4-9(10)8-20(14)16(22)23/h1-7,14H,8H2,(H,19,21)(H,22,23). The number of nitrogens with one attached hydrogen (secondary N) is 1. The summed E-state index contributed by atoms with van der Waals surface area (Å²) in [7, 11) is 0. The van der Waals surface area contributed by atoms with E-state index >= 15 is 0 Å². The first-order chi connectivity index (χ1) is 11.0. The predicted molar refractivity (Wildman–Crippen MR) is 77.7 cm³/mol. The number of hydrogen-bond acceptors (Lipinski definition) is 2. The summed E-state index contributed by atoms with van der Waals surface area (Å²) in [6.07, 6.45) is -1.28. The second-order valence-electron chi connectivity index (χ2n) is 5.10. The van der Waals surface area contributed by atoms with Gasteiger partial charge in [0, 0.05) is 0 Å². The van der Waals surface area contributed by atoms with Crippen molar-refractivity contribution in [3.8, 4) is 0 Å². The Hall–Kier alpha value is -2.96. The molecule has 0 bridgehead atoms. The van der Waals surface area contributed by atoms with Gasteiger partial charge in [-0.05, 0) is 23.3 Å². The van der Waals surface area contributed by atoms with Gasteiger partial charge in [0.05, 0.1) is 6.54 Å². The van der Waals surface area contributed by atoms with E-state index in [1.54, 1.807) is 24.3 Å². The molecule has 2 N–H and O–H groups in total. The molecule has 0 fully saturated rings. The number of para-hydroxylation sites is 1. The highest BCUT2D eigenvalue weighted by Gasteiger charge is 2.38. The smallest absolute Gasteiger partial charge is 0.408 e. The third-order valence-corrected chi connectivity index (χ3v) is 3.71. The number of fused-ring (bicyclic) bond motifs is 1. The maximum absolute atomic E-state index is 13.7. The largest absolute Gasteiger partial charge is 0.465 e. The molecular weight excluding hydrogens is 306 g/mol. The lowest BCUT2D eigenvalue weighted by molar-refractivity contribution is -0.120. The minimum Gasteiger partial charge on any atom is -0.465 e. The van der Waals surface area contributed by atoms with E-state index in [0.717, 1.165) is 17.0 Å². The van der Waals surface area contributed by atoms with Crippen LogP contribution in [-0.4, -0.2) is 22.0 Å². The van der Waals surface area contributed by atoms with Gasteiger partial charge in [-0.15, -0.1) is 0 Å². The summed E-state index contributed by atoms with van der Waals surface area (Å²) in [6, 6.07) is 8.79. The first-order valence-electron chi connectivity index (χ1n) is 6.81. The molecule has 1 aliphatic rings. The summed E-state index contributed by atoms with van der Waals surface area (Å²) in [5, 5.41) is 11.4. The molecular formula is C16H12F2N2O3. The number of rotatable bonds is 2. The zero-order chi connectivity index (χ0) is 16.6. The molecule has 2 amide bonds. The van der Waals surface area contributed by atoms with E-state index in [9.17, 15) is 23.5 Å². The Labute approximate surface area is 130 Å². The van der Waals surface area contributed by atoms with E-state index in [-0.39, 0.29) is 6.54 Å². The normalized spacial score (nSPS) is 16.1. The average Bonchev–Trinajstić information content (AvgIpc) is 2.91. The van der Waals surface area contributed by atoms with Gasteiger partial charge in [-0.1, -0.05) is 30.3 Å². The van der Waals surface area contributed by atoms with Crippen LogP contribution in [0.4, 0.5) is 19.3 Å². The molecule has 5 nitrogen and oxygen atoms in total. The molecule has 3 rings (SSSR count). The third-order valence-electron chi connectivity index (χ3n) is 3.71. The summed E-state index contributed by atoms with van der Waals surface area (Å²) in [6.45, 7) is 0.0450. The lowest BCUT2D eigenvalue weighted by Crippen LogP contribution is -2.36. The van der Waals surface area contributed by atoms with E-state index in [4.69, 9.17) is 0 Å². The summed E-state index contributed by atoms with van der Waals surface area (Å²) in [5.74, 6) is -2.65. The van der Waals surface area contributed by atoms with E-state index in [2.05, 4.69) is 5.32 Å². The van der Waals surface area contributed by atoms with Crippen LogP contribution >= 0.6 is 0 Å². The number of halogens is 2. The van der Waals surface area contributed by atoms with Gasteiger partial charge in [-0.3, -0.25) is 9.69 Å². The first-order valence-corrected chi connectivity index (χ1v) is 6.81. The average molecular weight is 318 g/mol. The molecule has 1 aliphatic heterocycles. The number of nitrogens with zero attached hydrogens (tertiary/aromatic N) is 1. The van der Waals surface area contributed by atoms with Crippen molar-refractivity contribution < 1.29 is 23.5 Å². The van der Waals surface area contributed by atoms with Crippen molar-refractivity contribution >= 4 is 17.7 Å². The first kappa shape index (κ1) is 15.0. The number of anilines is 1. The molecule has 23 heavy (non-hydrogen) atoms. The molecule has 1 heterocycles. The highest BCUT2D eigenvalue weighted by atomic mass is 19.1. The lowest BCUT2D eigenvalue weighted by Gasteiger charge is -2.21. The Balaban J connectivity index is 1.95. The van der Waals surface area contributed by atoms with Crippen LogP contribution in [0.15, 0.2) is 42.5 Å². The number of amides is 2. The van der Waals surface area contributed by atoms with Gasteiger partial charge in [0.15, 0.2) is 0 Å². The van der Waals surface area contributed by atoms with Crippen LogP contribution in [0.3, 0.4) is 0 Å². The van der Waals surface area contributed by atoms with Crippen LogP contribution in [0.5, 0.6) is 0 Å². The van der Waals surface area contributed by atoms with Gasteiger partial charge < -0.3 is 10.4 Å². The number of carbonyl (C=O) groups is 2. The zero-order valence-electron chi connectivity index (χ0n) is 11.8. The van der Waals surface area contributed by atoms with E-state index < -0.39 is 35.4 Å². The molecule has 0 saturated heterocycles. The van der Waals surface area contributed by atoms with Gasteiger partial charge in [0.25, 0.3) is 5.91 Å². The van der Waals surface area contributed by atoms with Gasteiger partial charge in [0.2, 0.25) is 0 Å². The fourth-order valence-electron chi connectivity index (χ4n) is 2.66. The Bertz CT molecular complexity index is 774. The van der Waals surface area contributed by atoms with Crippen molar-refractivity contribution in [1.29, 1.82) is 0 Å². The predicted octanol–water partition coefficient (Wildman–Crippen LogP) is 3.14. The lowest BCUT2D eigenvalue weighted by atomic mass is 10.0. The minimum absolute atomic E-state index is 0.0450. The van der Waals surface area contributed by atoms with E-state index in [1.807, 2.05) is 0 Å². The summed E-state index contributed by atoms with van der Waals surface area (Å²) in [4.78, 5) is 24.7. The van der Waals surface area contributed by atoms with Crippen molar-refractivity contribution in [1.82, 2.24) is 4.90 Å². The van der Waals surface area contributed by atoms with Gasteiger partial charge >= 0.3 is 6.09 Å². The molecule has 0 spiro atoms. The molecule has 0 aliphatic carbocycles. The quantitative estimate of drug-likeness (QED) is 0.894. The van der Waals surface area contributed by atoms with Gasteiger partial charge in [-0.2, -0.15) is 0 Å². The van der Waals surface area contributed by atoms with Crippen molar-refractivity contribution in [2.45, 2.75) is 12.6 Å². The molecule has 2 aromatic carbocycles. The SMILES string of the molecule is O=C(Nc1c(F)cccc1F)C1c2ccccc2CN1C(=O)O. The Morgan fingerprint density at radius 2 is 1.74 bits per heavy atom. The molecule has 7 heteroatoms. The van der Waals surface area contributed by atoms with Crippen LogP contribution in [0.1, 0.15) is 17.2 Å². The molecule has 1 unspecified atom stereocenters. The zero-order valence-corrected chi connectivity index (χ0v) is 11.8. The Morgan fingerprint density at radius 3 is 2.39 bits per heavy atom. The highest BCUT2D eigenvalue weighted by molar-refractivity contribution is 5.98. The summed E-state index contributed by atoms with van der Waals surface area (Å²) in [5.41, 5.74) is 0.598. The third kappa shape index (κ3) is 2.61. The van der Waals surface area contributed by atoms with Crippen molar-refractivity contribution in [2.75, 3.05) is 5.32 Å². The van der Waals surface area contributed by atoms with Crippen LogP contribution in [0.25, 0.3) is 0 Å². The molecule has 0 radical (unpaired) electrons. The van der Waals surface area contributed by atoms with Crippen molar-refractivity contribution in [2.24, 2.45) is 0 Å². The summed E-state index contributed by atoms with van der Waals surface area (Å²) >= 11 is 0.